The van der Waals surface area contributed by atoms with E-state index in [0.29, 0.717) is 36.7 Å². The highest BCUT2D eigenvalue weighted by Gasteiger charge is 2.45. The Morgan fingerprint density at radius 1 is 1.09 bits per heavy atom. The molecule has 1 heterocycles. The molecule has 3 rings (SSSR count). The van der Waals surface area contributed by atoms with Crippen molar-refractivity contribution in [1.29, 1.82) is 0 Å². The van der Waals surface area contributed by atoms with E-state index >= 15 is 0 Å². The van der Waals surface area contributed by atoms with Gasteiger partial charge in [0.25, 0.3) is 0 Å². The quantitative estimate of drug-likeness (QED) is 0.493. The monoisotopic (exact) mass is 438 g/mol. The molecule has 0 fully saturated rings. The molecule has 0 aromatic heterocycles. The van der Waals surface area contributed by atoms with E-state index < -0.39 is 23.3 Å². The van der Waals surface area contributed by atoms with Crippen LogP contribution in [0.15, 0.2) is 36.4 Å². The molecule has 0 spiro atoms. The summed E-state index contributed by atoms with van der Waals surface area (Å²) in [6.45, 7) is 11.4. The average Bonchev–Trinajstić information content (AvgIpc) is 2.93. The molecular formula is C26H30O6. The first kappa shape index (κ1) is 23.8. The number of hydrogen-bond acceptors (Lipinski definition) is 5. The van der Waals surface area contributed by atoms with E-state index in [-0.39, 0.29) is 5.56 Å². The van der Waals surface area contributed by atoms with E-state index in [9.17, 15) is 9.90 Å². The molecule has 1 aliphatic rings. The molecule has 32 heavy (non-hydrogen) atoms. The fraction of sp³-hybridized carbons (Fsp3) is 0.423. The number of carboxylic acid groups (broad SMARTS) is 1. The van der Waals surface area contributed by atoms with Crippen LogP contribution in [0.3, 0.4) is 0 Å². The molecular weight excluding hydrogens is 408 g/mol. The van der Waals surface area contributed by atoms with Crippen molar-refractivity contribution in [3.8, 4) is 17.6 Å². The second-order valence-corrected chi connectivity index (χ2v) is 8.66. The topological polar surface area (TPSA) is 85.2 Å². The number of ether oxygens (including phenoxy) is 3. The second-order valence-electron chi connectivity index (χ2n) is 8.66. The number of fused-ring (bicyclic) bond motifs is 1. The molecule has 0 radical (unpaired) electrons. The largest absolute Gasteiger partial charge is 0.491 e. The van der Waals surface area contributed by atoms with Gasteiger partial charge in [0.05, 0.1) is 23.4 Å². The molecule has 0 bridgehead atoms. The van der Waals surface area contributed by atoms with Gasteiger partial charge in [0.15, 0.2) is 0 Å². The molecule has 1 aliphatic heterocycles. The van der Waals surface area contributed by atoms with Gasteiger partial charge in [-0.15, -0.1) is 0 Å². The van der Waals surface area contributed by atoms with Gasteiger partial charge in [-0.05, 0) is 82.1 Å². The highest BCUT2D eigenvalue weighted by molar-refractivity contribution is 5.87. The second kappa shape index (κ2) is 9.33. The number of aliphatic hydroxyl groups is 1. The molecule has 2 aromatic rings. The van der Waals surface area contributed by atoms with E-state index in [4.69, 9.17) is 19.3 Å². The van der Waals surface area contributed by atoms with Gasteiger partial charge in [0, 0.05) is 17.7 Å². The minimum atomic E-state index is -1.05. The molecule has 170 valence electrons. The number of aromatic carboxylic acids is 1. The minimum Gasteiger partial charge on any atom is -0.491 e. The third kappa shape index (κ3) is 5.13. The lowest BCUT2D eigenvalue weighted by Gasteiger charge is -2.25. The molecule has 0 amide bonds. The van der Waals surface area contributed by atoms with Gasteiger partial charge < -0.3 is 24.4 Å². The summed E-state index contributed by atoms with van der Waals surface area (Å²) in [5.41, 5.74) is 2.25. The number of carbonyl (C=O) groups is 1. The average molecular weight is 439 g/mol. The number of aliphatic hydroxyl groups excluding tert-OH is 1. The Kier molecular flexibility index (Phi) is 6.94. The molecule has 2 aromatic carbocycles. The van der Waals surface area contributed by atoms with Crippen LogP contribution in [-0.2, 0) is 20.7 Å². The Morgan fingerprint density at radius 3 is 2.41 bits per heavy atom. The number of carboxylic acids is 1. The number of benzene rings is 2. The van der Waals surface area contributed by atoms with Gasteiger partial charge in [0.2, 0.25) is 0 Å². The summed E-state index contributed by atoms with van der Waals surface area (Å²) < 4.78 is 17.7. The maximum atomic E-state index is 11.0. The molecule has 2 N–H and O–H groups in total. The fourth-order valence-corrected chi connectivity index (χ4v) is 4.03. The highest BCUT2D eigenvalue weighted by Crippen LogP contribution is 2.51. The molecule has 1 atom stereocenters. The number of rotatable bonds is 7. The van der Waals surface area contributed by atoms with Crippen LogP contribution >= 0.6 is 0 Å². The highest BCUT2D eigenvalue weighted by atomic mass is 16.5. The molecule has 6 heteroatoms. The van der Waals surface area contributed by atoms with Gasteiger partial charge in [-0.2, -0.15) is 0 Å². The van der Waals surface area contributed by atoms with E-state index in [1.807, 2.05) is 46.8 Å². The lowest BCUT2D eigenvalue weighted by molar-refractivity contribution is -0.105. The molecule has 6 nitrogen and oxygen atoms in total. The SMILES string of the molecule is CCOCCOc1cc(C(O)C#Cc2ccc(C(=O)O)cc2)cc2c1C(C)(C)OC2(C)C. The summed E-state index contributed by atoms with van der Waals surface area (Å²) in [6.07, 6.45) is -1.05. The zero-order valence-corrected chi connectivity index (χ0v) is 19.2. The van der Waals surface area contributed by atoms with Crippen LogP contribution in [0.4, 0.5) is 0 Å². The van der Waals surface area contributed by atoms with Crippen LogP contribution in [-0.4, -0.2) is 36.0 Å². The fourth-order valence-electron chi connectivity index (χ4n) is 4.03. The first-order valence-electron chi connectivity index (χ1n) is 10.7. The van der Waals surface area contributed by atoms with Crippen LogP contribution in [0.2, 0.25) is 0 Å². The van der Waals surface area contributed by atoms with E-state index in [1.54, 1.807) is 12.1 Å². The summed E-state index contributed by atoms with van der Waals surface area (Å²) in [6, 6.07) is 9.94. The molecule has 1 unspecified atom stereocenters. The predicted molar refractivity (Wildman–Crippen MR) is 121 cm³/mol. The molecule has 0 aliphatic carbocycles. The normalized spacial score (nSPS) is 16.6. The molecule has 0 saturated carbocycles. The first-order valence-corrected chi connectivity index (χ1v) is 10.7. The van der Waals surface area contributed by atoms with E-state index in [0.717, 1.165) is 11.1 Å². The summed E-state index contributed by atoms with van der Waals surface area (Å²) >= 11 is 0. The van der Waals surface area contributed by atoms with Crippen LogP contribution in [0.5, 0.6) is 5.75 Å². The van der Waals surface area contributed by atoms with Crippen LogP contribution < -0.4 is 4.74 Å². The van der Waals surface area contributed by atoms with Gasteiger partial charge in [-0.1, -0.05) is 11.8 Å². The Morgan fingerprint density at radius 2 is 1.78 bits per heavy atom. The van der Waals surface area contributed by atoms with Crippen LogP contribution in [0, 0.1) is 11.8 Å². The third-order valence-corrected chi connectivity index (χ3v) is 5.38. The standard InChI is InChI=1S/C26H30O6/c1-6-30-13-14-31-22-16-19(15-20-23(22)26(4,5)32-25(20,2)3)21(27)12-9-17-7-10-18(11-8-17)24(28)29/h7-8,10-11,15-16,21,27H,6,13-14H2,1-5H3,(H,28,29). The Hall–Kier alpha value is -2.85. The zero-order valence-electron chi connectivity index (χ0n) is 19.2. The lowest BCUT2D eigenvalue weighted by Crippen LogP contribution is -2.22. The minimum absolute atomic E-state index is 0.188. The summed E-state index contributed by atoms with van der Waals surface area (Å²) in [4.78, 5) is 11.0. The van der Waals surface area contributed by atoms with Gasteiger partial charge in [-0.25, -0.2) is 4.79 Å². The summed E-state index contributed by atoms with van der Waals surface area (Å²) in [7, 11) is 0. The Bertz CT molecular complexity index is 1040. The molecule has 0 saturated heterocycles. The van der Waals surface area contributed by atoms with Crippen LogP contribution in [0.25, 0.3) is 0 Å². The lowest BCUT2D eigenvalue weighted by atomic mass is 9.87. The van der Waals surface area contributed by atoms with Gasteiger partial charge in [-0.3, -0.25) is 0 Å². The Labute approximate surface area is 189 Å². The van der Waals surface area contributed by atoms with Crippen molar-refractivity contribution < 1.29 is 29.2 Å². The van der Waals surface area contributed by atoms with Gasteiger partial charge in [0.1, 0.15) is 18.5 Å². The first-order chi connectivity index (χ1) is 15.0. The number of hydrogen-bond donors (Lipinski definition) is 2. The van der Waals surface area contributed by atoms with Gasteiger partial charge >= 0.3 is 5.97 Å². The van der Waals surface area contributed by atoms with Crippen molar-refractivity contribution in [2.24, 2.45) is 0 Å². The van der Waals surface area contributed by atoms with Crippen molar-refractivity contribution in [1.82, 2.24) is 0 Å². The van der Waals surface area contributed by atoms with Crippen molar-refractivity contribution in [3.63, 3.8) is 0 Å². The Balaban J connectivity index is 1.94. The zero-order chi connectivity index (χ0) is 23.5. The van der Waals surface area contributed by atoms with E-state index in [1.165, 1.54) is 12.1 Å². The third-order valence-electron chi connectivity index (χ3n) is 5.38. The van der Waals surface area contributed by atoms with E-state index in [2.05, 4.69) is 11.8 Å². The predicted octanol–water partition coefficient (Wildman–Crippen LogP) is 4.39. The van der Waals surface area contributed by atoms with Crippen molar-refractivity contribution in [3.05, 3.63) is 64.2 Å². The summed E-state index contributed by atoms with van der Waals surface area (Å²) in [5.74, 6) is 5.41. The smallest absolute Gasteiger partial charge is 0.335 e. The maximum Gasteiger partial charge on any atom is 0.335 e. The van der Waals surface area contributed by atoms with Crippen molar-refractivity contribution in [2.75, 3.05) is 19.8 Å². The van der Waals surface area contributed by atoms with Crippen LogP contribution in [0.1, 0.15) is 73.3 Å². The van der Waals surface area contributed by atoms with Crippen molar-refractivity contribution in [2.45, 2.75) is 51.9 Å². The summed E-state index contributed by atoms with van der Waals surface area (Å²) in [5, 5.41) is 19.8. The van der Waals surface area contributed by atoms with Crippen molar-refractivity contribution >= 4 is 5.97 Å². The maximum absolute atomic E-state index is 11.0.